The molecular formula is C68H34F12N4. The van der Waals surface area contributed by atoms with Gasteiger partial charge >= 0.3 is 24.7 Å². The number of fused-ring (bicyclic) bond motifs is 8. The van der Waals surface area contributed by atoms with Gasteiger partial charge in [0.1, 0.15) is 0 Å². The van der Waals surface area contributed by atoms with Crippen LogP contribution in [-0.2, 0) is 24.7 Å². The number of nitrogens with zero attached hydrogens (tertiary/aromatic N) is 4. The van der Waals surface area contributed by atoms with Gasteiger partial charge in [-0.3, -0.25) is 0 Å². The van der Waals surface area contributed by atoms with E-state index in [1.807, 2.05) is 72.8 Å². The van der Waals surface area contributed by atoms with Crippen molar-refractivity contribution in [2.45, 2.75) is 24.7 Å². The molecule has 0 aliphatic carbocycles. The van der Waals surface area contributed by atoms with Gasteiger partial charge in [0.05, 0.1) is 62.5 Å². The Morgan fingerprint density at radius 3 is 0.881 bits per heavy atom. The van der Waals surface area contributed by atoms with Crippen LogP contribution < -0.4 is 0 Å². The van der Waals surface area contributed by atoms with Crippen molar-refractivity contribution < 1.29 is 52.7 Å². The molecule has 0 N–H and O–H groups in total. The first-order chi connectivity index (χ1) is 40.0. The molecule has 0 amide bonds. The Morgan fingerprint density at radius 1 is 0.310 bits per heavy atom. The summed E-state index contributed by atoms with van der Waals surface area (Å²) in [4.78, 5) is 3.50. The summed E-state index contributed by atoms with van der Waals surface area (Å²) >= 11 is 0. The van der Waals surface area contributed by atoms with E-state index in [0.717, 1.165) is 70.8 Å². The molecule has 0 saturated heterocycles. The highest BCUT2D eigenvalue weighted by molar-refractivity contribution is 6.23. The third-order valence-corrected chi connectivity index (χ3v) is 15.5. The van der Waals surface area contributed by atoms with Gasteiger partial charge in [-0.15, -0.1) is 0 Å². The largest absolute Gasteiger partial charge is 0.416 e. The molecule has 2 heterocycles. The zero-order valence-electron chi connectivity index (χ0n) is 43.0. The molecule has 0 aliphatic rings. The van der Waals surface area contributed by atoms with E-state index in [1.54, 1.807) is 69.8 Å². The van der Waals surface area contributed by atoms with Crippen molar-refractivity contribution in [3.8, 4) is 62.0 Å². The van der Waals surface area contributed by atoms with E-state index in [1.165, 1.54) is 24.3 Å². The second-order valence-corrected chi connectivity index (χ2v) is 20.3. The molecular weight excluding hydrogens is 1100 g/mol. The molecule has 0 radical (unpaired) electrons. The maximum absolute atomic E-state index is 14.4. The molecule has 0 bridgehead atoms. The zero-order valence-corrected chi connectivity index (χ0v) is 43.0. The van der Waals surface area contributed by atoms with E-state index in [-0.39, 0.29) is 43.6 Å². The fraction of sp³-hybridized carbons (Fsp3) is 0.0588. The zero-order chi connectivity index (χ0) is 58.8. The monoisotopic (exact) mass is 1130 g/mol. The Labute approximate surface area is 468 Å². The summed E-state index contributed by atoms with van der Waals surface area (Å²) < 4.78 is 175. The summed E-state index contributed by atoms with van der Waals surface area (Å²) in [6.45, 7) is 7.44. The first-order valence-electron chi connectivity index (χ1n) is 25.7. The Balaban J connectivity index is 1.13. The second-order valence-electron chi connectivity index (χ2n) is 20.3. The van der Waals surface area contributed by atoms with Gasteiger partial charge in [-0.25, -0.2) is 4.85 Å². The number of benzene rings is 11. The van der Waals surface area contributed by atoms with Crippen LogP contribution >= 0.6 is 0 Å². The standard InChI is InChI=1S/C68H34F12N4/c1-82-48-20-14-41(15-21-48)40-8-12-43(13-9-40)64-52-25-23-49(83-59-26-16-44(65(69,70)71)30-53(59)54-31-45(66(72,73)74)17-27-60(54)83)34-57(52)63(42-10-6-39(7-11-42)38-4-2-37(36-81)3-5-38)51-24-22-50(35-58(51)64)84-61-28-18-46(67(75,76)77)32-55(61)56-33-47(68(78,79)80)19-29-62(56)84/h2-35H. The lowest BCUT2D eigenvalue weighted by Crippen LogP contribution is -2.04. The molecule has 16 heteroatoms. The van der Waals surface area contributed by atoms with Gasteiger partial charge in [0, 0.05) is 32.9 Å². The third kappa shape index (κ3) is 8.98. The minimum atomic E-state index is -4.83. The van der Waals surface area contributed by atoms with Crippen LogP contribution in [0.2, 0.25) is 0 Å². The van der Waals surface area contributed by atoms with E-state index >= 15 is 0 Å². The molecule has 0 fully saturated rings. The molecule has 84 heavy (non-hydrogen) atoms. The molecule has 2 aromatic heterocycles. The third-order valence-electron chi connectivity index (χ3n) is 15.5. The smallest absolute Gasteiger partial charge is 0.309 e. The van der Waals surface area contributed by atoms with Crippen molar-refractivity contribution >= 4 is 70.8 Å². The highest BCUT2D eigenvalue weighted by atomic mass is 19.4. The molecule has 13 rings (SSSR count). The summed E-state index contributed by atoms with van der Waals surface area (Å²) in [5.41, 5.74) is 3.88. The van der Waals surface area contributed by atoms with Gasteiger partial charge in [0.2, 0.25) is 0 Å². The molecule has 0 atom stereocenters. The van der Waals surface area contributed by atoms with E-state index < -0.39 is 47.0 Å². The fourth-order valence-electron chi connectivity index (χ4n) is 11.5. The second kappa shape index (κ2) is 19.1. The average Bonchev–Trinajstić information content (AvgIpc) is 1.84. The van der Waals surface area contributed by atoms with Crippen LogP contribution in [0.4, 0.5) is 58.4 Å². The van der Waals surface area contributed by atoms with Crippen LogP contribution in [0.25, 0.3) is 126 Å². The van der Waals surface area contributed by atoms with E-state index in [9.17, 15) is 57.9 Å². The molecule has 0 aliphatic heterocycles. The fourth-order valence-corrected chi connectivity index (χ4v) is 11.5. The Hall–Kier alpha value is -10.3. The lowest BCUT2D eigenvalue weighted by Gasteiger charge is -2.21. The number of rotatable bonds is 6. The maximum atomic E-state index is 14.4. The number of hydrogen-bond acceptors (Lipinski definition) is 1. The van der Waals surface area contributed by atoms with Crippen LogP contribution in [0.15, 0.2) is 206 Å². The average molecular weight is 1140 g/mol. The Morgan fingerprint density at radius 2 is 0.595 bits per heavy atom. The highest BCUT2D eigenvalue weighted by Crippen LogP contribution is 2.49. The van der Waals surface area contributed by atoms with Crippen LogP contribution in [0, 0.1) is 17.9 Å². The van der Waals surface area contributed by atoms with Crippen molar-refractivity contribution in [1.29, 1.82) is 5.26 Å². The predicted molar refractivity (Wildman–Crippen MR) is 303 cm³/mol. The van der Waals surface area contributed by atoms with E-state index in [2.05, 4.69) is 10.9 Å². The highest BCUT2D eigenvalue weighted by Gasteiger charge is 2.36. The molecule has 0 unspecified atom stereocenters. The van der Waals surface area contributed by atoms with Crippen molar-refractivity contribution in [3.05, 3.63) is 245 Å². The van der Waals surface area contributed by atoms with E-state index in [0.29, 0.717) is 66.4 Å². The Kier molecular flexibility index (Phi) is 12.1. The number of nitriles is 1. The van der Waals surface area contributed by atoms with Crippen molar-refractivity contribution in [2.75, 3.05) is 0 Å². The SMILES string of the molecule is [C-]#[N+]c1ccc(-c2ccc(-c3c4ccc(-n5c6ccc(C(F)(F)F)cc6c6cc(C(F)(F)F)ccc65)cc4c(-c4ccc(-c5ccc(C#N)cc5)cc4)c4ccc(-n5c6ccc(C(F)(F)F)cc6c6cc(C(F)(F)F)ccc65)cc34)cc2)cc1. The molecule has 13 aromatic rings. The van der Waals surface area contributed by atoms with Gasteiger partial charge in [-0.1, -0.05) is 97.1 Å². The number of hydrogen-bond donors (Lipinski definition) is 0. The molecule has 0 spiro atoms. The topological polar surface area (TPSA) is 38.0 Å². The van der Waals surface area contributed by atoms with Gasteiger partial charge in [-0.05, 0) is 175 Å². The summed E-state index contributed by atoms with van der Waals surface area (Å²) in [6.07, 6.45) is -19.3. The van der Waals surface area contributed by atoms with Crippen molar-refractivity contribution in [3.63, 3.8) is 0 Å². The first-order valence-corrected chi connectivity index (χ1v) is 25.7. The number of halogens is 12. The molecule has 4 nitrogen and oxygen atoms in total. The van der Waals surface area contributed by atoms with Gasteiger partial charge in [0.25, 0.3) is 0 Å². The Bertz CT molecular complexity index is 4480. The molecule has 410 valence electrons. The normalized spacial score (nSPS) is 12.5. The summed E-state index contributed by atoms with van der Waals surface area (Å²) in [5, 5.41) is 11.6. The number of alkyl halides is 12. The predicted octanol–water partition coefficient (Wildman–Crippen LogP) is 21.4. The first kappa shape index (κ1) is 53.0. The maximum Gasteiger partial charge on any atom is 0.416 e. The van der Waals surface area contributed by atoms with Crippen molar-refractivity contribution in [2.24, 2.45) is 0 Å². The lowest BCUT2D eigenvalue weighted by atomic mass is 9.85. The van der Waals surface area contributed by atoms with Crippen LogP contribution in [0.3, 0.4) is 0 Å². The minimum Gasteiger partial charge on any atom is -0.309 e. The van der Waals surface area contributed by atoms with Gasteiger partial charge in [-0.2, -0.15) is 57.9 Å². The molecule has 0 saturated carbocycles. The van der Waals surface area contributed by atoms with Crippen molar-refractivity contribution in [1.82, 2.24) is 9.13 Å². The summed E-state index contributed by atoms with van der Waals surface area (Å²) in [5.74, 6) is 0. The van der Waals surface area contributed by atoms with E-state index in [4.69, 9.17) is 6.57 Å². The number of aromatic nitrogens is 2. The summed E-state index contributed by atoms with van der Waals surface area (Å²) in [7, 11) is 0. The lowest BCUT2D eigenvalue weighted by molar-refractivity contribution is -0.138. The van der Waals surface area contributed by atoms with Gasteiger partial charge < -0.3 is 9.13 Å². The van der Waals surface area contributed by atoms with Crippen LogP contribution in [0.1, 0.15) is 27.8 Å². The van der Waals surface area contributed by atoms with Crippen LogP contribution in [-0.4, -0.2) is 9.13 Å². The minimum absolute atomic E-state index is 0.0744. The quantitative estimate of drug-likeness (QED) is 0.0929. The van der Waals surface area contributed by atoms with Gasteiger partial charge in [0.15, 0.2) is 5.69 Å². The summed E-state index contributed by atoms with van der Waals surface area (Å²) in [6, 6.07) is 53.6. The molecule has 11 aromatic carbocycles. The van der Waals surface area contributed by atoms with Crippen LogP contribution in [0.5, 0.6) is 0 Å².